The lowest BCUT2D eigenvalue weighted by Gasteiger charge is -2.34. The van der Waals surface area contributed by atoms with E-state index >= 15 is 0 Å². The van der Waals surface area contributed by atoms with Gasteiger partial charge >= 0.3 is 0 Å². The van der Waals surface area contributed by atoms with E-state index in [1.54, 1.807) is 7.11 Å². The molecule has 0 aromatic heterocycles. The molecule has 2 aliphatic heterocycles. The molecule has 2 N–H and O–H groups in total. The third kappa shape index (κ3) is 7.10. The molecule has 1 unspecified atom stereocenters. The van der Waals surface area contributed by atoms with Crippen LogP contribution in [0, 0.1) is 0 Å². The number of hydrogen-bond acceptors (Lipinski definition) is 6. The number of carbonyl (C=O) groups is 1. The highest BCUT2D eigenvalue weighted by atomic mass is 16.5. The van der Waals surface area contributed by atoms with E-state index in [1.165, 1.54) is 11.1 Å². The zero-order valence-corrected chi connectivity index (χ0v) is 20.3. The van der Waals surface area contributed by atoms with Gasteiger partial charge in [0, 0.05) is 78.1 Å². The van der Waals surface area contributed by atoms with Gasteiger partial charge in [-0.15, -0.1) is 0 Å². The number of aliphatic hydroxyl groups is 1. The predicted octanol–water partition coefficient (Wildman–Crippen LogP) is 1.60. The summed E-state index contributed by atoms with van der Waals surface area (Å²) in [6, 6.07) is 16.3. The molecule has 1 saturated heterocycles. The van der Waals surface area contributed by atoms with E-state index in [9.17, 15) is 9.90 Å². The first-order chi connectivity index (χ1) is 16.6. The van der Waals surface area contributed by atoms with Crippen LogP contribution in [-0.4, -0.2) is 97.9 Å². The molecule has 34 heavy (non-hydrogen) atoms. The highest BCUT2D eigenvalue weighted by molar-refractivity contribution is 5.94. The van der Waals surface area contributed by atoms with Crippen LogP contribution in [0.1, 0.15) is 27.0 Å². The van der Waals surface area contributed by atoms with E-state index < -0.39 is 6.10 Å². The van der Waals surface area contributed by atoms with Crippen molar-refractivity contribution in [1.82, 2.24) is 20.0 Å². The van der Waals surface area contributed by atoms with Crippen LogP contribution in [0.15, 0.2) is 48.5 Å². The average molecular weight is 467 g/mol. The Bertz CT molecular complexity index is 930. The number of methoxy groups -OCH3 is 1. The molecule has 1 fully saturated rings. The van der Waals surface area contributed by atoms with Gasteiger partial charge in [-0.25, -0.2) is 0 Å². The molecule has 7 heteroatoms. The normalized spacial score (nSPS) is 18.4. The molecule has 2 aliphatic rings. The van der Waals surface area contributed by atoms with E-state index in [1.807, 2.05) is 18.2 Å². The van der Waals surface area contributed by atoms with E-state index in [4.69, 9.17) is 4.74 Å². The summed E-state index contributed by atoms with van der Waals surface area (Å²) >= 11 is 0. The molecule has 1 amide bonds. The second-order valence-corrected chi connectivity index (χ2v) is 9.43. The number of ether oxygens (including phenoxy) is 1. The van der Waals surface area contributed by atoms with Gasteiger partial charge in [-0.2, -0.15) is 0 Å². The summed E-state index contributed by atoms with van der Waals surface area (Å²) < 4.78 is 5.18. The van der Waals surface area contributed by atoms with Crippen molar-refractivity contribution >= 4 is 5.91 Å². The number of nitrogens with one attached hydrogen (secondary N) is 1. The van der Waals surface area contributed by atoms with Crippen LogP contribution >= 0.6 is 0 Å². The second-order valence-electron chi connectivity index (χ2n) is 9.43. The van der Waals surface area contributed by atoms with Crippen LogP contribution in [0.3, 0.4) is 0 Å². The van der Waals surface area contributed by atoms with Crippen LogP contribution in [0.5, 0.6) is 0 Å². The minimum atomic E-state index is -0.591. The first-order valence-electron chi connectivity index (χ1n) is 12.4. The number of fused-ring (bicyclic) bond motifs is 1. The van der Waals surface area contributed by atoms with Crippen LogP contribution in [-0.2, 0) is 24.2 Å². The van der Waals surface area contributed by atoms with E-state index in [0.717, 1.165) is 70.9 Å². The van der Waals surface area contributed by atoms with Crippen molar-refractivity contribution in [1.29, 1.82) is 0 Å². The summed E-state index contributed by atoms with van der Waals surface area (Å²) in [7, 11) is 1.74. The first kappa shape index (κ1) is 24.8. The van der Waals surface area contributed by atoms with Crippen molar-refractivity contribution in [3.05, 3.63) is 70.8 Å². The maximum atomic E-state index is 12.7. The molecule has 2 aromatic carbocycles. The molecule has 0 bridgehead atoms. The Morgan fingerprint density at radius 3 is 2.56 bits per heavy atom. The van der Waals surface area contributed by atoms with Gasteiger partial charge in [0.25, 0.3) is 5.91 Å². The fourth-order valence-corrected chi connectivity index (χ4v) is 4.85. The summed E-state index contributed by atoms with van der Waals surface area (Å²) in [5, 5.41) is 13.4. The summed E-state index contributed by atoms with van der Waals surface area (Å²) in [6.07, 6.45) is 0.413. The van der Waals surface area contributed by atoms with Gasteiger partial charge in [-0.1, -0.05) is 36.4 Å². The summed E-state index contributed by atoms with van der Waals surface area (Å²) in [6.45, 7) is 9.34. The van der Waals surface area contributed by atoms with E-state index in [2.05, 4.69) is 50.3 Å². The Kier molecular flexibility index (Phi) is 9.07. The minimum absolute atomic E-state index is 0.130. The van der Waals surface area contributed by atoms with Crippen molar-refractivity contribution in [3.8, 4) is 0 Å². The van der Waals surface area contributed by atoms with E-state index in [0.29, 0.717) is 12.1 Å². The number of hydrogen-bond donors (Lipinski definition) is 2. The van der Waals surface area contributed by atoms with Gasteiger partial charge in [0.2, 0.25) is 0 Å². The number of benzene rings is 2. The molecular formula is C27H38N4O3. The number of aliphatic hydroxyl groups excluding tert-OH is 1. The van der Waals surface area contributed by atoms with Crippen LogP contribution < -0.4 is 5.32 Å². The molecule has 7 nitrogen and oxygen atoms in total. The molecule has 184 valence electrons. The highest BCUT2D eigenvalue weighted by Crippen LogP contribution is 2.18. The molecule has 0 spiro atoms. The summed E-state index contributed by atoms with van der Waals surface area (Å²) in [5.74, 6) is -0.130. The van der Waals surface area contributed by atoms with Gasteiger partial charge in [0.15, 0.2) is 0 Å². The van der Waals surface area contributed by atoms with Crippen LogP contribution in [0.4, 0.5) is 0 Å². The Hall–Kier alpha value is -2.29. The molecule has 4 rings (SSSR count). The number of β-amino-alcohol motifs (C(OH)–C–C–N with tert-alkyl or cyclic N) is 1. The summed E-state index contributed by atoms with van der Waals surface area (Å²) in [4.78, 5) is 19.8. The van der Waals surface area contributed by atoms with Gasteiger partial charge in [0.1, 0.15) is 0 Å². The third-order valence-corrected chi connectivity index (χ3v) is 6.85. The van der Waals surface area contributed by atoms with Gasteiger partial charge in [0.05, 0.1) is 12.7 Å². The largest absolute Gasteiger partial charge is 0.390 e. The molecule has 0 aliphatic carbocycles. The number of carbonyl (C=O) groups excluding carboxylic acids is 1. The third-order valence-electron chi connectivity index (χ3n) is 6.85. The maximum Gasteiger partial charge on any atom is 0.251 e. The van der Waals surface area contributed by atoms with Gasteiger partial charge in [-0.05, 0) is 35.2 Å². The fraction of sp³-hybridized carbons (Fsp3) is 0.519. The number of piperazine rings is 1. The molecule has 1 atom stereocenters. The first-order valence-corrected chi connectivity index (χ1v) is 12.4. The topological polar surface area (TPSA) is 68.3 Å². The molecule has 0 radical (unpaired) electrons. The molecule has 0 saturated carbocycles. The van der Waals surface area contributed by atoms with Gasteiger partial charge < -0.3 is 15.2 Å². The van der Waals surface area contributed by atoms with Crippen molar-refractivity contribution in [3.63, 3.8) is 0 Å². The van der Waals surface area contributed by atoms with Crippen molar-refractivity contribution in [2.45, 2.75) is 25.6 Å². The molecular weight excluding hydrogens is 428 g/mol. The smallest absolute Gasteiger partial charge is 0.251 e. The summed E-state index contributed by atoms with van der Waals surface area (Å²) in [5.41, 5.74) is 4.52. The van der Waals surface area contributed by atoms with Crippen LogP contribution in [0.2, 0.25) is 0 Å². The fourth-order valence-electron chi connectivity index (χ4n) is 4.85. The average Bonchev–Trinajstić information content (AvgIpc) is 2.87. The SMILES string of the molecule is COCCN1CCN(Cc2cccc(C(=O)NCC(O)CN3CCc4ccccc4C3)c2)CC1. The van der Waals surface area contributed by atoms with Crippen molar-refractivity contribution in [2.75, 3.05) is 66.1 Å². The Balaban J connectivity index is 1.20. The second kappa shape index (κ2) is 12.4. The van der Waals surface area contributed by atoms with Crippen molar-refractivity contribution in [2.24, 2.45) is 0 Å². The Labute approximate surface area is 203 Å². The Morgan fingerprint density at radius 1 is 1.00 bits per heavy atom. The quantitative estimate of drug-likeness (QED) is 0.555. The standard InChI is InChI=1S/C27H38N4O3/c1-34-16-15-29-11-13-30(14-12-29)19-22-5-4-8-24(17-22)27(33)28-18-26(32)21-31-10-9-23-6-2-3-7-25(23)20-31/h2-8,17,26,32H,9-16,18-21H2,1H3,(H,28,33). The minimum Gasteiger partial charge on any atom is -0.390 e. The molecule has 2 aromatic rings. The zero-order valence-electron chi connectivity index (χ0n) is 20.3. The monoisotopic (exact) mass is 466 g/mol. The lowest BCUT2D eigenvalue weighted by molar-refractivity contribution is 0.0841. The van der Waals surface area contributed by atoms with Gasteiger partial charge in [-0.3, -0.25) is 19.5 Å². The lowest BCUT2D eigenvalue weighted by atomic mass is 10.00. The zero-order chi connectivity index (χ0) is 23.8. The van der Waals surface area contributed by atoms with Crippen molar-refractivity contribution < 1.29 is 14.6 Å². The molecule has 2 heterocycles. The predicted molar refractivity (Wildman–Crippen MR) is 134 cm³/mol. The number of nitrogens with zero attached hydrogens (tertiary/aromatic N) is 3. The lowest BCUT2D eigenvalue weighted by Crippen LogP contribution is -2.46. The number of amides is 1. The highest BCUT2D eigenvalue weighted by Gasteiger charge is 2.20. The van der Waals surface area contributed by atoms with Crippen LogP contribution in [0.25, 0.3) is 0 Å². The Morgan fingerprint density at radius 2 is 1.76 bits per heavy atom. The number of rotatable bonds is 10. The maximum absolute atomic E-state index is 12.7. The van der Waals surface area contributed by atoms with E-state index in [-0.39, 0.29) is 12.5 Å².